The Morgan fingerprint density at radius 1 is 1.03 bits per heavy atom. The van der Waals surface area contributed by atoms with Gasteiger partial charge in [-0.25, -0.2) is 18.4 Å². The van der Waals surface area contributed by atoms with E-state index in [9.17, 15) is 8.42 Å². The molecule has 3 aromatic heterocycles. The van der Waals surface area contributed by atoms with E-state index in [1.165, 1.54) is 24.7 Å². The Bertz CT molecular complexity index is 1450. The number of hydrogen-bond acceptors (Lipinski definition) is 6. The maximum Gasteiger partial charge on any atom is 0.261 e. The average Bonchev–Trinajstić information content (AvgIpc) is 3.32. The highest BCUT2D eigenvalue weighted by Crippen LogP contribution is 2.28. The third kappa shape index (κ3) is 3.11. The Kier molecular flexibility index (Phi) is 3.85. The zero-order valence-electron chi connectivity index (χ0n) is 15.2. The lowest BCUT2D eigenvalue weighted by atomic mass is 10.1. The topological polar surface area (TPSA) is 114 Å². The first kappa shape index (κ1) is 17.4. The molecule has 2 N–H and O–H groups in total. The lowest BCUT2D eigenvalue weighted by Crippen LogP contribution is -2.12. The second kappa shape index (κ2) is 6.42. The number of aryl methyl sites for hydroxylation is 1. The lowest BCUT2D eigenvalue weighted by Gasteiger charge is -2.09. The molecule has 144 valence electrons. The lowest BCUT2D eigenvalue weighted by molar-refractivity contribution is 0.456. The molecule has 0 aliphatic heterocycles. The number of nitrogens with zero attached hydrogens (tertiary/aromatic N) is 3. The maximum absolute atomic E-state index is 12.7. The zero-order valence-corrected chi connectivity index (χ0v) is 16.1. The summed E-state index contributed by atoms with van der Waals surface area (Å²) in [5.41, 5.74) is 4.40. The van der Waals surface area contributed by atoms with Gasteiger partial charge in [0.15, 0.2) is 5.58 Å². The third-order valence-corrected chi connectivity index (χ3v) is 5.98. The van der Waals surface area contributed by atoms with Crippen LogP contribution in [0.25, 0.3) is 33.3 Å². The summed E-state index contributed by atoms with van der Waals surface area (Å²) >= 11 is 0. The minimum absolute atomic E-state index is 0.137. The predicted octanol–water partition coefficient (Wildman–Crippen LogP) is 3.88. The normalized spacial score (nSPS) is 11.9. The monoisotopic (exact) mass is 405 g/mol. The van der Waals surface area contributed by atoms with E-state index in [0.717, 1.165) is 28.0 Å². The number of aromatic amines is 1. The van der Waals surface area contributed by atoms with Gasteiger partial charge in [0.1, 0.15) is 12.0 Å². The van der Waals surface area contributed by atoms with Crippen LogP contribution in [0.1, 0.15) is 5.69 Å². The third-order valence-electron chi connectivity index (χ3n) is 4.61. The van der Waals surface area contributed by atoms with Crippen LogP contribution in [-0.4, -0.2) is 28.5 Å². The standard InChI is InChI=1S/C20H15N5O3S/c1-12-8-17-19(21-11-22-20(17)24-12)13-2-4-15(5-3-13)25-29(26,27)16-6-7-18-14(9-16)10-23-28-18/h2-11,25H,1H3,(H,21,22,24). The molecule has 0 unspecified atom stereocenters. The second-order valence-electron chi connectivity index (χ2n) is 6.65. The number of rotatable bonds is 4. The molecule has 0 bridgehead atoms. The molecule has 0 saturated heterocycles. The Hall–Kier alpha value is -3.72. The molecular weight excluding hydrogens is 390 g/mol. The Balaban J connectivity index is 1.45. The molecule has 29 heavy (non-hydrogen) atoms. The molecule has 9 heteroatoms. The Morgan fingerprint density at radius 3 is 2.69 bits per heavy atom. The molecule has 0 spiro atoms. The van der Waals surface area contributed by atoms with Crippen molar-refractivity contribution in [2.75, 3.05) is 4.72 Å². The van der Waals surface area contributed by atoms with E-state index >= 15 is 0 Å². The van der Waals surface area contributed by atoms with Crippen LogP contribution in [0.3, 0.4) is 0 Å². The fraction of sp³-hybridized carbons (Fsp3) is 0.0500. The van der Waals surface area contributed by atoms with Crippen LogP contribution >= 0.6 is 0 Å². The van der Waals surface area contributed by atoms with E-state index < -0.39 is 10.0 Å². The second-order valence-corrected chi connectivity index (χ2v) is 8.33. The van der Waals surface area contributed by atoms with Crippen molar-refractivity contribution in [2.24, 2.45) is 0 Å². The number of hydrogen-bond donors (Lipinski definition) is 2. The van der Waals surface area contributed by atoms with E-state index in [4.69, 9.17) is 4.52 Å². The summed E-state index contributed by atoms with van der Waals surface area (Å²) in [6.45, 7) is 1.96. The largest absolute Gasteiger partial charge is 0.356 e. The van der Waals surface area contributed by atoms with Gasteiger partial charge in [-0.05, 0) is 43.3 Å². The summed E-state index contributed by atoms with van der Waals surface area (Å²) in [6, 6.07) is 13.6. The molecule has 5 aromatic rings. The first-order valence-corrected chi connectivity index (χ1v) is 10.3. The molecule has 3 heterocycles. The van der Waals surface area contributed by atoms with Crippen LogP contribution in [0, 0.1) is 6.92 Å². The van der Waals surface area contributed by atoms with Gasteiger partial charge in [-0.1, -0.05) is 17.3 Å². The zero-order chi connectivity index (χ0) is 20.0. The van der Waals surface area contributed by atoms with E-state index in [1.807, 2.05) is 25.1 Å². The molecule has 0 amide bonds. The SMILES string of the molecule is Cc1cc2c(-c3ccc(NS(=O)(=O)c4ccc5oncc5c4)cc3)ncnc2[nH]1. The molecule has 0 atom stereocenters. The summed E-state index contributed by atoms with van der Waals surface area (Å²) in [7, 11) is -3.74. The van der Waals surface area contributed by atoms with E-state index in [2.05, 4.69) is 24.8 Å². The van der Waals surface area contributed by atoms with Crippen LogP contribution in [0.5, 0.6) is 0 Å². The quantitative estimate of drug-likeness (QED) is 0.469. The molecule has 5 rings (SSSR count). The van der Waals surface area contributed by atoms with Crippen molar-refractivity contribution >= 4 is 37.7 Å². The average molecular weight is 405 g/mol. The summed E-state index contributed by atoms with van der Waals surface area (Å²) < 4.78 is 33.0. The summed E-state index contributed by atoms with van der Waals surface area (Å²) in [5, 5.41) is 5.21. The van der Waals surface area contributed by atoms with Gasteiger partial charge < -0.3 is 9.51 Å². The van der Waals surface area contributed by atoms with Gasteiger partial charge >= 0.3 is 0 Å². The van der Waals surface area contributed by atoms with Crippen molar-refractivity contribution in [1.82, 2.24) is 20.1 Å². The van der Waals surface area contributed by atoms with Gasteiger partial charge in [-0.15, -0.1) is 0 Å². The van der Waals surface area contributed by atoms with Crippen LogP contribution < -0.4 is 4.72 Å². The van der Waals surface area contributed by atoms with Crippen molar-refractivity contribution in [3.8, 4) is 11.3 Å². The fourth-order valence-corrected chi connectivity index (χ4v) is 4.32. The van der Waals surface area contributed by atoms with E-state index in [1.54, 1.807) is 18.2 Å². The molecule has 0 radical (unpaired) electrons. The van der Waals surface area contributed by atoms with Gasteiger partial charge in [-0.3, -0.25) is 4.72 Å². The molecule has 0 saturated carbocycles. The van der Waals surface area contributed by atoms with Crippen LogP contribution in [0.15, 0.2) is 70.5 Å². The molecule has 0 aliphatic carbocycles. The minimum atomic E-state index is -3.74. The van der Waals surface area contributed by atoms with Gasteiger partial charge in [0.2, 0.25) is 0 Å². The smallest absolute Gasteiger partial charge is 0.261 e. The number of fused-ring (bicyclic) bond motifs is 2. The van der Waals surface area contributed by atoms with Crippen molar-refractivity contribution in [1.29, 1.82) is 0 Å². The number of nitrogens with one attached hydrogen (secondary N) is 2. The summed E-state index contributed by atoms with van der Waals surface area (Å²) in [5.74, 6) is 0. The van der Waals surface area contributed by atoms with Gasteiger partial charge in [0.25, 0.3) is 10.0 Å². The molecular formula is C20H15N5O3S. The number of sulfonamides is 1. The minimum Gasteiger partial charge on any atom is -0.356 e. The Labute approximate surface area is 165 Å². The van der Waals surface area contributed by atoms with Gasteiger partial charge in [0, 0.05) is 27.7 Å². The molecule has 0 aliphatic rings. The van der Waals surface area contributed by atoms with Crippen LogP contribution in [-0.2, 0) is 10.0 Å². The van der Waals surface area contributed by atoms with Crippen molar-refractivity contribution in [3.63, 3.8) is 0 Å². The fourth-order valence-electron chi connectivity index (χ4n) is 3.23. The maximum atomic E-state index is 12.7. The molecule has 2 aromatic carbocycles. The van der Waals surface area contributed by atoms with Crippen LogP contribution in [0.4, 0.5) is 5.69 Å². The summed E-state index contributed by atoms with van der Waals surface area (Å²) in [6.07, 6.45) is 2.99. The first-order chi connectivity index (χ1) is 14.0. The van der Waals surface area contributed by atoms with Crippen molar-refractivity contribution in [2.45, 2.75) is 11.8 Å². The van der Waals surface area contributed by atoms with Crippen molar-refractivity contribution in [3.05, 3.63) is 66.7 Å². The highest BCUT2D eigenvalue weighted by molar-refractivity contribution is 7.92. The highest BCUT2D eigenvalue weighted by Gasteiger charge is 2.16. The van der Waals surface area contributed by atoms with Gasteiger partial charge in [-0.2, -0.15) is 0 Å². The number of aromatic nitrogens is 4. The van der Waals surface area contributed by atoms with E-state index in [0.29, 0.717) is 16.7 Å². The number of anilines is 1. The Morgan fingerprint density at radius 2 is 1.86 bits per heavy atom. The van der Waals surface area contributed by atoms with Crippen LogP contribution in [0.2, 0.25) is 0 Å². The molecule has 8 nitrogen and oxygen atoms in total. The predicted molar refractivity (Wildman–Crippen MR) is 109 cm³/mol. The number of H-pyrrole nitrogens is 1. The van der Waals surface area contributed by atoms with Gasteiger partial charge in [0.05, 0.1) is 16.8 Å². The molecule has 0 fully saturated rings. The number of benzene rings is 2. The van der Waals surface area contributed by atoms with Crippen molar-refractivity contribution < 1.29 is 12.9 Å². The van der Waals surface area contributed by atoms with E-state index in [-0.39, 0.29) is 4.90 Å². The summed E-state index contributed by atoms with van der Waals surface area (Å²) in [4.78, 5) is 11.9. The highest BCUT2D eigenvalue weighted by atomic mass is 32.2. The first-order valence-electron chi connectivity index (χ1n) is 8.78.